The van der Waals surface area contributed by atoms with E-state index < -0.39 is 0 Å². The van der Waals surface area contributed by atoms with Crippen molar-refractivity contribution in [2.24, 2.45) is 11.3 Å². The number of hydrogen-bond acceptors (Lipinski definition) is 3. The van der Waals surface area contributed by atoms with Crippen molar-refractivity contribution in [3.63, 3.8) is 0 Å². The van der Waals surface area contributed by atoms with Crippen LogP contribution in [0.25, 0.3) is 0 Å². The van der Waals surface area contributed by atoms with Crippen LogP contribution in [0.5, 0.6) is 0 Å². The molecule has 0 bridgehead atoms. The standard InChI is InChI=1S/C15H28N2O2/c1-3-15(6-8-16-9-7-15)14(18)17-10-4-5-13(11-17)12-19-2/h13,16H,3-12H2,1-2H3. The summed E-state index contributed by atoms with van der Waals surface area (Å²) in [6, 6.07) is 0. The highest BCUT2D eigenvalue weighted by molar-refractivity contribution is 5.83. The third kappa shape index (κ3) is 3.29. The predicted octanol–water partition coefficient (Wildman–Crippen LogP) is 1.65. The molecule has 2 rings (SSSR count). The summed E-state index contributed by atoms with van der Waals surface area (Å²) < 4.78 is 5.26. The van der Waals surface area contributed by atoms with Crippen LogP contribution in [0.2, 0.25) is 0 Å². The van der Waals surface area contributed by atoms with Gasteiger partial charge in [-0.3, -0.25) is 4.79 Å². The second-order valence-electron chi connectivity index (χ2n) is 6.10. The number of amides is 1. The van der Waals surface area contributed by atoms with Gasteiger partial charge in [0.1, 0.15) is 0 Å². The van der Waals surface area contributed by atoms with E-state index in [1.165, 1.54) is 6.42 Å². The molecule has 1 unspecified atom stereocenters. The molecule has 4 nitrogen and oxygen atoms in total. The van der Waals surface area contributed by atoms with Gasteiger partial charge >= 0.3 is 0 Å². The summed E-state index contributed by atoms with van der Waals surface area (Å²) in [7, 11) is 1.75. The van der Waals surface area contributed by atoms with Gasteiger partial charge in [-0.2, -0.15) is 0 Å². The van der Waals surface area contributed by atoms with E-state index in [9.17, 15) is 4.79 Å². The Balaban J connectivity index is 2.00. The van der Waals surface area contributed by atoms with Crippen molar-refractivity contribution in [1.29, 1.82) is 0 Å². The van der Waals surface area contributed by atoms with Gasteiger partial charge in [0.2, 0.25) is 5.91 Å². The molecule has 0 radical (unpaired) electrons. The quantitative estimate of drug-likeness (QED) is 0.843. The summed E-state index contributed by atoms with van der Waals surface area (Å²) in [6.07, 6.45) is 5.27. The molecule has 1 N–H and O–H groups in total. The summed E-state index contributed by atoms with van der Waals surface area (Å²) >= 11 is 0. The van der Waals surface area contributed by atoms with Crippen LogP contribution in [0.15, 0.2) is 0 Å². The molecule has 110 valence electrons. The van der Waals surface area contributed by atoms with Gasteiger partial charge < -0.3 is 15.0 Å². The topological polar surface area (TPSA) is 41.6 Å². The third-order valence-corrected chi connectivity index (χ3v) is 4.90. The Labute approximate surface area is 116 Å². The molecule has 2 aliphatic heterocycles. The number of likely N-dealkylation sites (tertiary alicyclic amines) is 1. The Bertz CT molecular complexity index is 299. The van der Waals surface area contributed by atoms with E-state index in [-0.39, 0.29) is 5.41 Å². The SMILES string of the molecule is CCC1(C(=O)N2CCCC(COC)C2)CCNCC1. The van der Waals surface area contributed by atoms with E-state index in [0.29, 0.717) is 11.8 Å². The lowest BCUT2D eigenvalue weighted by molar-refractivity contribution is -0.146. The average Bonchev–Trinajstić information content (AvgIpc) is 2.48. The summed E-state index contributed by atoms with van der Waals surface area (Å²) in [5.74, 6) is 0.927. The maximum Gasteiger partial charge on any atom is 0.228 e. The minimum absolute atomic E-state index is 0.0970. The lowest BCUT2D eigenvalue weighted by atomic mass is 9.75. The largest absolute Gasteiger partial charge is 0.384 e. The Kier molecular flexibility index (Phi) is 5.22. The molecule has 2 aliphatic rings. The van der Waals surface area contributed by atoms with Crippen LogP contribution in [0.4, 0.5) is 0 Å². The summed E-state index contributed by atoms with van der Waals surface area (Å²) in [4.78, 5) is 15.0. The maximum absolute atomic E-state index is 12.9. The highest BCUT2D eigenvalue weighted by atomic mass is 16.5. The Hall–Kier alpha value is -0.610. The number of methoxy groups -OCH3 is 1. The molecule has 0 spiro atoms. The molecule has 0 aromatic heterocycles. The fourth-order valence-electron chi connectivity index (χ4n) is 3.58. The number of nitrogens with one attached hydrogen (secondary N) is 1. The first-order valence-electron chi connectivity index (χ1n) is 7.71. The smallest absolute Gasteiger partial charge is 0.228 e. The van der Waals surface area contributed by atoms with E-state index in [1.807, 2.05) is 0 Å². The van der Waals surface area contributed by atoms with Crippen LogP contribution in [0.3, 0.4) is 0 Å². The van der Waals surface area contributed by atoms with Gasteiger partial charge in [0.15, 0.2) is 0 Å². The van der Waals surface area contributed by atoms with Crippen molar-refractivity contribution in [2.45, 2.75) is 39.0 Å². The van der Waals surface area contributed by atoms with E-state index in [0.717, 1.165) is 58.5 Å². The van der Waals surface area contributed by atoms with Crippen molar-refractivity contribution in [1.82, 2.24) is 10.2 Å². The fraction of sp³-hybridized carbons (Fsp3) is 0.933. The van der Waals surface area contributed by atoms with Gasteiger partial charge in [-0.15, -0.1) is 0 Å². The molecule has 2 saturated heterocycles. The van der Waals surface area contributed by atoms with Crippen LogP contribution >= 0.6 is 0 Å². The first-order valence-corrected chi connectivity index (χ1v) is 7.71. The second kappa shape index (κ2) is 6.71. The number of ether oxygens (including phenoxy) is 1. The number of hydrogen-bond donors (Lipinski definition) is 1. The molecule has 0 aromatic carbocycles. The first-order chi connectivity index (χ1) is 9.22. The minimum Gasteiger partial charge on any atom is -0.384 e. The lowest BCUT2D eigenvalue weighted by Crippen LogP contribution is -2.52. The average molecular weight is 268 g/mol. The van der Waals surface area contributed by atoms with E-state index in [1.54, 1.807) is 7.11 Å². The molecule has 4 heteroatoms. The fourth-order valence-corrected chi connectivity index (χ4v) is 3.58. The van der Waals surface area contributed by atoms with Gasteiger partial charge in [0, 0.05) is 20.2 Å². The number of carbonyl (C=O) groups is 1. The molecule has 19 heavy (non-hydrogen) atoms. The molecule has 2 heterocycles. The first kappa shape index (κ1) is 14.8. The van der Waals surface area contributed by atoms with E-state index in [4.69, 9.17) is 4.74 Å². The molecule has 1 atom stereocenters. The molecule has 2 fully saturated rings. The summed E-state index contributed by atoms with van der Waals surface area (Å²) in [5.41, 5.74) is -0.0970. The van der Waals surface area contributed by atoms with Crippen LogP contribution in [-0.2, 0) is 9.53 Å². The zero-order chi connectivity index (χ0) is 13.7. The number of rotatable bonds is 4. The second-order valence-corrected chi connectivity index (χ2v) is 6.10. The molecule has 0 saturated carbocycles. The van der Waals surface area contributed by atoms with Crippen LogP contribution in [0.1, 0.15) is 39.0 Å². The van der Waals surface area contributed by atoms with Crippen molar-refractivity contribution in [3.05, 3.63) is 0 Å². The molecule has 1 amide bonds. The highest BCUT2D eigenvalue weighted by Crippen LogP contribution is 2.35. The number of nitrogens with zero attached hydrogens (tertiary/aromatic N) is 1. The molecule has 0 aliphatic carbocycles. The van der Waals surface area contributed by atoms with Crippen molar-refractivity contribution in [2.75, 3.05) is 39.9 Å². The Morgan fingerprint density at radius 2 is 2.16 bits per heavy atom. The third-order valence-electron chi connectivity index (χ3n) is 4.90. The zero-order valence-electron chi connectivity index (χ0n) is 12.4. The van der Waals surface area contributed by atoms with E-state index >= 15 is 0 Å². The highest BCUT2D eigenvalue weighted by Gasteiger charge is 2.41. The molecular formula is C15H28N2O2. The normalized spacial score (nSPS) is 27.3. The van der Waals surface area contributed by atoms with Gasteiger partial charge in [-0.05, 0) is 51.1 Å². The summed E-state index contributed by atoms with van der Waals surface area (Å²) in [5, 5.41) is 3.37. The van der Waals surface area contributed by atoms with Gasteiger partial charge in [-0.1, -0.05) is 6.92 Å². The predicted molar refractivity (Wildman–Crippen MR) is 76.0 cm³/mol. The Morgan fingerprint density at radius 1 is 1.42 bits per heavy atom. The van der Waals surface area contributed by atoms with Crippen LogP contribution < -0.4 is 5.32 Å². The zero-order valence-corrected chi connectivity index (χ0v) is 12.4. The van der Waals surface area contributed by atoms with Crippen molar-refractivity contribution >= 4 is 5.91 Å². The monoisotopic (exact) mass is 268 g/mol. The van der Waals surface area contributed by atoms with Crippen molar-refractivity contribution in [3.8, 4) is 0 Å². The lowest BCUT2D eigenvalue weighted by Gasteiger charge is -2.42. The maximum atomic E-state index is 12.9. The molecule has 0 aromatic rings. The van der Waals surface area contributed by atoms with E-state index in [2.05, 4.69) is 17.1 Å². The Morgan fingerprint density at radius 3 is 2.79 bits per heavy atom. The van der Waals surface area contributed by atoms with Crippen LogP contribution in [0, 0.1) is 11.3 Å². The summed E-state index contributed by atoms with van der Waals surface area (Å²) in [6.45, 7) is 6.74. The number of piperidine rings is 2. The molecular weight excluding hydrogens is 240 g/mol. The van der Waals surface area contributed by atoms with Crippen LogP contribution in [-0.4, -0.2) is 50.7 Å². The van der Waals surface area contributed by atoms with Gasteiger partial charge in [0.05, 0.1) is 12.0 Å². The minimum atomic E-state index is -0.0970. The van der Waals surface area contributed by atoms with Gasteiger partial charge in [0.25, 0.3) is 0 Å². The van der Waals surface area contributed by atoms with Crippen molar-refractivity contribution < 1.29 is 9.53 Å². The van der Waals surface area contributed by atoms with Gasteiger partial charge in [-0.25, -0.2) is 0 Å². The number of carbonyl (C=O) groups excluding carboxylic acids is 1.